The van der Waals surface area contributed by atoms with Gasteiger partial charge in [0.25, 0.3) is 10.0 Å². The monoisotopic (exact) mass is 566 g/mol. The predicted molar refractivity (Wildman–Crippen MR) is 125 cm³/mol. The number of nitrogens with one attached hydrogen (secondary N) is 2. The molecular formula is C20H12Cl3F3N4O4S. The number of urea groups is 1. The maximum absolute atomic E-state index is 13.2. The Morgan fingerprint density at radius 2 is 1.63 bits per heavy atom. The molecule has 0 saturated carbocycles. The summed E-state index contributed by atoms with van der Waals surface area (Å²) in [4.78, 5) is 27.3. The Balaban J connectivity index is 2.06. The Hall–Kier alpha value is -3.06. The van der Waals surface area contributed by atoms with Crippen molar-refractivity contribution < 1.29 is 31.2 Å². The molecule has 2 aromatic carbocycles. The van der Waals surface area contributed by atoms with Gasteiger partial charge in [0.05, 0.1) is 31.2 Å². The number of hydrogen-bond acceptors (Lipinski definition) is 5. The molecule has 1 heterocycles. The van der Waals surface area contributed by atoms with Crippen LogP contribution in [-0.4, -0.2) is 25.2 Å². The van der Waals surface area contributed by atoms with Crippen molar-refractivity contribution in [3.63, 3.8) is 0 Å². The number of amides is 2. The normalized spacial score (nSPS) is 11.7. The summed E-state index contributed by atoms with van der Waals surface area (Å²) in [5.74, 6) is -0.885. The van der Waals surface area contributed by atoms with E-state index in [1.54, 1.807) is 0 Å². The fourth-order valence-electron chi connectivity index (χ4n) is 2.84. The molecule has 0 spiro atoms. The molecule has 0 aliphatic rings. The molecule has 8 nitrogen and oxygen atoms in total. The summed E-state index contributed by atoms with van der Waals surface area (Å²) < 4.78 is 67.3. The van der Waals surface area contributed by atoms with Crippen LogP contribution in [0.25, 0.3) is 0 Å². The number of rotatable bonds is 6. The highest BCUT2D eigenvalue weighted by atomic mass is 35.5. The van der Waals surface area contributed by atoms with Crippen molar-refractivity contribution in [2.45, 2.75) is 11.1 Å². The number of carbonyl (C=O) groups excluding carboxylic acids is 2. The van der Waals surface area contributed by atoms with E-state index in [0.29, 0.717) is 6.07 Å². The fourth-order valence-corrected chi connectivity index (χ4v) is 4.51. The van der Waals surface area contributed by atoms with E-state index in [2.05, 4.69) is 10.3 Å². The zero-order valence-electron chi connectivity index (χ0n) is 17.0. The van der Waals surface area contributed by atoms with Gasteiger partial charge >= 0.3 is 12.2 Å². The number of carbonyl (C=O) groups is 2. The highest BCUT2D eigenvalue weighted by molar-refractivity contribution is 7.92. The lowest BCUT2D eigenvalue weighted by molar-refractivity contribution is -0.137. The minimum atomic E-state index is -4.91. The van der Waals surface area contributed by atoms with E-state index in [1.165, 1.54) is 18.2 Å². The van der Waals surface area contributed by atoms with Crippen molar-refractivity contribution in [1.82, 2.24) is 4.98 Å². The van der Waals surface area contributed by atoms with Crippen LogP contribution in [0, 0.1) is 0 Å². The average molecular weight is 568 g/mol. The van der Waals surface area contributed by atoms with Crippen LogP contribution in [0.5, 0.6) is 0 Å². The van der Waals surface area contributed by atoms with E-state index in [4.69, 9.17) is 40.5 Å². The van der Waals surface area contributed by atoms with Crippen LogP contribution in [0.4, 0.5) is 29.3 Å². The molecule has 0 bridgehead atoms. The third-order valence-corrected chi connectivity index (χ3v) is 6.57. The molecule has 0 aliphatic carbocycles. The Labute approximate surface area is 211 Å². The number of ketones is 1. The number of nitrogens with two attached hydrogens (primary N) is 1. The second kappa shape index (κ2) is 9.90. The van der Waals surface area contributed by atoms with Crippen LogP contribution in [0.3, 0.4) is 0 Å². The summed E-state index contributed by atoms with van der Waals surface area (Å²) in [6.45, 7) is 0. The Morgan fingerprint density at radius 1 is 0.971 bits per heavy atom. The van der Waals surface area contributed by atoms with Gasteiger partial charge < -0.3 is 11.1 Å². The molecule has 0 saturated heterocycles. The van der Waals surface area contributed by atoms with Crippen molar-refractivity contribution in [2.24, 2.45) is 5.73 Å². The van der Waals surface area contributed by atoms with Gasteiger partial charge in [-0.3, -0.25) is 9.52 Å². The molecule has 3 rings (SSSR count). The number of pyridine rings is 1. The van der Waals surface area contributed by atoms with Crippen LogP contribution in [-0.2, 0) is 16.2 Å². The number of sulfonamides is 1. The number of hydrogen-bond donors (Lipinski definition) is 3. The van der Waals surface area contributed by atoms with Crippen LogP contribution >= 0.6 is 34.8 Å². The zero-order chi connectivity index (χ0) is 26.1. The topological polar surface area (TPSA) is 131 Å². The molecule has 15 heteroatoms. The Kier molecular flexibility index (Phi) is 7.50. The highest BCUT2D eigenvalue weighted by Crippen LogP contribution is 2.36. The van der Waals surface area contributed by atoms with Crippen molar-refractivity contribution >= 4 is 68.0 Å². The average Bonchev–Trinajstić information content (AvgIpc) is 2.73. The maximum atomic E-state index is 13.2. The minimum Gasteiger partial charge on any atom is -0.351 e. The van der Waals surface area contributed by atoms with E-state index in [0.717, 1.165) is 24.4 Å². The zero-order valence-corrected chi connectivity index (χ0v) is 20.0. The highest BCUT2D eigenvalue weighted by Gasteiger charge is 2.35. The molecule has 0 atom stereocenters. The molecule has 4 N–H and O–H groups in total. The van der Waals surface area contributed by atoms with Crippen LogP contribution < -0.4 is 15.8 Å². The number of halogens is 6. The largest absolute Gasteiger partial charge is 0.417 e. The summed E-state index contributed by atoms with van der Waals surface area (Å²) in [6, 6.07) is 5.93. The van der Waals surface area contributed by atoms with E-state index in [9.17, 15) is 31.2 Å². The second-order valence-corrected chi connectivity index (χ2v) is 9.74. The van der Waals surface area contributed by atoms with Crippen LogP contribution in [0.1, 0.15) is 21.6 Å². The van der Waals surface area contributed by atoms with E-state index in [-0.39, 0.29) is 21.3 Å². The van der Waals surface area contributed by atoms with Gasteiger partial charge in [0.15, 0.2) is 0 Å². The summed E-state index contributed by atoms with van der Waals surface area (Å²) in [6.07, 6.45) is -3.86. The van der Waals surface area contributed by atoms with E-state index < -0.39 is 54.9 Å². The van der Waals surface area contributed by atoms with Crippen molar-refractivity contribution in [2.75, 3.05) is 10.0 Å². The molecule has 35 heavy (non-hydrogen) atoms. The van der Waals surface area contributed by atoms with Gasteiger partial charge in [0.1, 0.15) is 5.69 Å². The Morgan fingerprint density at radius 3 is 2.26 bits per heavy atom. The first kappa shape index (κ1) is 26.5. The smallest absolute Gasteiger partial charge is 0.351 e. The van der Waals surface area contributed by atoms with Crippen molar-refractivity contribution in [1.29, 1.82) is 0 Å². The number of benzene rings is 2. The number of primary amides is 1. The lowest BCUT2D eigenvalue weighted by Crippen LogP contribution is -2.20. The van der Waals surface area contributed by atoms with Gasteiger partial charge in [-0.25, -0.2) is 18.2 Å². The van der Waals surface area contributed by atoms with E-state index >= 15 is 0 Å². The number of alkyl halides is 3. The molecule has 2 amide bonds. The van der Waals surface area contributed by atoms with Gasteiger partial charge in [-0.2, -0.15) is 13.2 Å². The first-order valence-corrected chi connectivity index (χ1v) is 11.8. The standard InChI is InChI=1S/C20H12Cl3F3N4O4S/c21-9-5-16(30-35(33,34)11-2-4-15(23)13(7-11)20(24,25)26)17(28-8-9)18(31)12-6-10(29-19(27)32)1-3-14(12)22/h1-8,30H,(H3,27,29,32). The predicted octanol–water partition coefficient (Wildman–Crippen LogP) is 5.58. The minimum absolute atomic E-state index is 0.0666. The molecule has 3 aromatic rings. The quantitative estimate of drug-likeness (QED) is 0.335. The number of anilines is 2. The molecule has 0 radical (unpaired) electrons. The lowest BCUT2D eigenvalue weighted by atomic mass is 10.1. The molecule has 0 unspecified atom stereocenters. The van der Waals surface area contributed by atoms with Crippen LogP contribution in [0.2, 0.25) is 15.1 Å². The van der Waals surface area contributed by atoms with Gasteiger partial charge in [-0.05, 0) is 42.5 Å². The summed E-state index contributed by atoms with van der Waals surface area (Å²) in [7, 11) is -4.67. The Bertz CT molecular complexity index is 1450. The molecule has 0 aliphatic heterocycles. The molecule has 1 aromatic heterocycles. The van der Waals surface area contributed by atoms with Crippen molar-refractivity contribution in [3.05, 3.63) is 80.6 Å². The fraction of sp³-hybridized carbons (Fsp3) is 0.0500. The third-order valence-electron chi connectivity index (χ3n) is 4.35. The summed E-state index contributed by atoms with van der Waals surface area (Å²) in [5.41, 5.74) is 2.72. The third kappa shape index (κ3) is 6.14. The molecule has 0 fully saturated rings. The lowest BCUT2D eigenvalue weighted by Gasteiger charge is -2.15. The van der Waals surface area contributed by atoms with Gasteiger partial charge in [0, 0.05) is 17.4 Å². The van der Waals surface area contributed by atoms with E-state index in [1.807, 2.05) is 4.72 Å². The summed E-state index contributed by atoms with van der Waals surface area (Å²) in [5, 5.41) is 1.41. The first-order chi connectivity index (χ1) is 16.2. The maximum Gasteiger partial charge on any atom is 0.417 e. The van der Waals surface area contributed by atoms with Crippen molar-refractivity contribution in [3.8, 4) is 0 Å². The SMILES string of the molecule is NC(=O)Nc1ccc(Cl)c(C(=O)c2ncc(Cl)cc2NS(=O)(=O)c2ccc(Cl)c(C(F)(F)F)c2)c1. The van der Waals surface area contributed by atoms with Crippen LogP contribution in [0.15, 0.2) is 53.6 Å². The van der Waals surface area contributed by atoms with Gasteiger partial charge in [-0.1, -0.05) is 34.8 Å². The molecule has 184 valence electrons. The first-order valence-electron chi connectivity index (χ1n) is 9.15. The second-order valence-electron chi connectivity index (χ2n) is 6.81. The number of aromatic nitrogens is 1. The number of nitrogens with zero attached hydrogens (tertiary/aromatic N) is 1. The van der Waals surface area contributed by atoms with Gasteiger partial charge in [-0.15, -0.1) is 0 Å². The summed E-state index contributed by atoms with van der Waals surface area (Å²) >= 11 is 17.5. The van der Waals surface area contributed by atoms with Gasteiger partial charge in [0.2, 0.25) is 5.78 Å². The molecular weight excluding hydrogens is 556 g/mol.